The van der Waals surface area contributed by atoms with Crippen LogP contribution in [0.2, 0.25) is 10.2 Å². The van der Waals surface area contributed by atoms with Gasteiger partial charge in [0.05, 0.1) is 10.6 Å². The summed E-state index contributed by atoms with van der Waals surface area (Å²) in [7, 11) is 0. The number of hydrogen-bond donors (Lipinski definition) is 0. The summed E-state index contributed by atoms with van der Waals surface area (Å²) in [6.07, 6.45) is 2.40. The highest BCUT2D eigenvalue weighted by atomic mass is 35.5. The average Bonchev–Trinajstić information content (AvgIpc) is 2.52. The SMILES string of the molecule is CC1(C)CCN(C(=O)c2cc(Cl)ncc2Cl)CCS1. The Morgan fingerprint density at radius 1 is 1.42 bits per heavy atom. The number of halogens is 2. The Bertz CT molecular complexity index is 494. The van der Waals surface area contributed by atoms with Gasteiger partial charge in [-0.15, -0.1) is 0 Å². The van der Waals surface area contributed by atoms with Crippen LogP contribution in [-0.4, -0.2) is 39.4 Å². The van der Waals surface area contributed by atoms with E-state index < -0.39 is 0 Å². The van der Waals surface area contributed by atoms with Crippen molar-refractivity contribution in [3.8, 4) is 0 Å². The minimum Gasteiger partial charge on any atom is -0.338 e. The Morgan fingerprint density at radius 2 is 2.16 bits per heavy atom. The first-order valence-corrected chi connectivity index (χ1v) is 7.87. The number of thioether (sulfide) groups is 1. The molecule has 1 amide bonds. The van der Waals surface area contributed by atoms with E-state index in [1.165, 1.54) is 12.3 Å². The molecule has 0 radical (unpaired) electrons. The third kappa shape index (κ3) is 3.77. The summed E-state index contributed by atoms with van der Waals surface area (Å²) in [5.74, 6) is 0.877. The van der Waals surface area contributed by atoms with E-state index in [1.54, 1.807) is 0 Å². The van der Waals surface area contributed by atoms with Crippen LogP contribution in [0.3, 0.4) is 0 Å². The molecule has 0 aromatic carbocycles. The first-order valence-electron chi connectivity index (χ1n) is 6.13. The smallest absolute Gasteiger partial charge is 0.255 e. The molecule has 1 aromatic heterocycles. The summed E-state index contributed by atoms with van der Waals surface area (Å²) < 4.78 is 0.217. The van der Waals surface area contributed by atoms with Crippen molar-refractivity contribution in [1.82, 2.24) is 9.88 Å². The van der Waals surface area contributed by atoms with Crippen molar-refractivity contribution in [1.29, 1.82) is 0 Å². The van der Waals surface area contributed by atoms with Gasteiger partial charge in [-0.3, -0.25) is 4.79 Å². The quantitative estimate of drug-likeness (QED) is 0.739. The van der Waals surface area contributed by atoms with Crippen LogP contribution >= 0.6 is 35.0 Å². The van der Waals surface area contributed by atoms with Gasteiger partial charge in [-0.2, -0.15) is 11.8 Å². The molecule has 1 aromatic rings. The third-order valence-electron chi connectivity index (χ3n) is 3.18. The molecule has 0 N–H and O–H groups in total. The molecule has 0 bridgehead atoms. The number of rotatable bonds is 1. The van der Waals surface area contributed by atoms with Crippen LogP contribution in [0.25, 0.3) is 0 Å². The number of pyridine rings is 1. The van der Waals surface area contributed by atoms with Crippen LogP contribution in [0.4, 0.5) is 0 Å². The lowest BCUT2D eigenvalue weighted by molar-refractivity contribution is 0.0764. The van der Waals surface area contributed by atoms with Crippen LogP contribution in [0.1, 0.15) is 30.6 Å². The zero-order valence-corrected chi connectivity index (χ0v) is 13.3. The molecule has 104 valence electrons. The highest BCUT2D eigenvalue weighted by Gasteiger charge is 2.27. The lowest BCUT2D eigenvalue weighted by atomic mass is 10.1. The molecule has 0 aliphatic carbocycles. The van der Waals surface area contributed by atoms with Crippen LogP contribution in [0, 0.1) is 0 Å². The summed E-state index contributed by atoms with van der Waals surface area (Å²) in [5, 5.41) is 0.642. The molecule has 6 heteroatoms. The van der Waals surface area contributed by atoms with Gasteiger partial charge in [0, 0.05) is 29.8 Å². The number of amides is 1. The highest BCUT2D eigenvalue weighted by Crippen LogP contribution is 2.31. The van der Waals surface area contributed by atoms with Crippen molar-refractivity contribution in [2.75, 3.05) is 18.8 Å². The standard InChI is InChI=1S/C13H16Cl2N2OS/c1-13(2)3-4-17(5-6-19-13)12(18)9-7-11(15)16-8-10(9)14/h7-8H,3-6H2,1-2H3. The van der Waals surface area contributed by atoms with E-state index in [9.17, 15) is 4.79 Å². The molecule has 0 spiro atoms. The monoisotopic (exact) mass is 318 g/mol. The maximum Gasteiger partial charge on any atom is 0.255 e. The van der Waals surface area contributed by atoms with E-state index in [0.717, 1.165) is 25.3 Å². The Labute approximate surface area is 127 Å². The molecule has 1 saturated heterocycles. The van der Waals surface area contributed by atoms with Crippen LogP contribution in [0.5, 0.6) is 0 Å². The second kappa shape index (κ2) is 5.90. The molecule has 3 nitrogen and oxygen atoms in total. The fourth-order valence-corrected chi connectivity index (χ4v) is 3.41. The van der Waals surface area contributed by atoms with Crippen LogP contribution in [0.15, 0.2) is 12.3 Å². The van der Waals surface area contributed by atoms with Gasteiger partial charge in [-0.1, -0.05) is 37.0 Å². The zero-order valence-electron chi connectivity index (χ0n) is 10.9. The van der Waals surface area contributed by atoms with Crippen LogP contribution in [-0.2, 0) is 0 Å². The molecular formula is C13H16Cl2N2OS. The van der Waals surface area contributed by atoms with Crippen molar-refractivity contribution in [2.24, 2.45) is 0 Å². The topological polar surface area (TPSA) is 33.2 Å². The predicted molar refractivity (Wildman–Crippen MR) is 81.3 cm³/mol. The summed E-state index contributed by atoms with van der Waals surface area (Å²) in [5.41, 5.74) is 0.436. The molecule has 2 heterocycles. The Hall–Kier alpha value is -0.450. The van der Waals surface area contributed by atoms with E-state index >= 15 is 0 Å². The van der Waals surface area contributed by atoms with Gasteiger partial charge in [0.15, 0.2) is 0 Å². The zero-order chi connectivity index (χ0) is 14.0. The van der Waals surface area contributed by atoms with Crippen molar-refractivity contribution < 1.29 is 4.79 Å². The number of carbonyl (C=O) groups excluding carboxylic acids is 1. The normalized spacial score (nSPS) is 19.1. The van der Waals surface area contributed by atoms with Gasteiger partial charge in [-0.05, 0) is 12.5 Å². The fraction of sp³-hybridized carbons (Fsp3) is 0.538. The van der Waals surface area contributed by atoms with Crippen molar-refractivity contribution in [2.45, 2.75) is 25.0 Å². The Balaban J connectivity index is 2.17. The number of nitrogens with zero attached hydrogens (tertiary/aromatic N) is 2. The lowest BCUT2D eigenvalue weighted by Crippen LogP contribution is -2.33. The first-order chi connectivity index (χ1) is 8.89. The maximum atomic E-state index is 12.5. The van der Waals surface area contributed by atoms with Crippen molar-refractivity contribution >= 4 is 40.9 Å². The number of hydrogen-bond acceptors (Lipinski definition) is 3. The second-order valence-electron chi connectivity index (χ2n) is 5.14. The molecule has 0 unspecified atom stereocenters. The molecule has 2 rings (SSSR count). The summed E-state index contributed by atoms with van der Waals surface area (Å²) in [6.45, 7) is 5.90. The summed E-state index contributed by atoms with van der Waals surface area (Å²) >= 11 is 13.8. The highest BCUT2D eigenvalue weighted by molar-refractivity contribution is 8.00. The molecule has 0 saturated carbocycles. The molecular weight excluding hydrogens is 303 g/mol. The molecule has 1 fully saturated rings. The maximum absolute atomic E-state index is 12.5. The summed E-state index contributed by atoms with van der Waals surface area (Å²) in [4.78, 5) is 18.2. The predicted octanol–water partition coefficient (Wildman–Crippen LogP) is 3.75. The number of carbonyl (C=O) groups is 1. The second-order valence-corrected chi connectivity index (χ2v) is 7.73. The van der Waals surface area contributed by atoms with E-state index in [2.05, 4.69) is 18.8 Å². The molecule has 0 atom stereocenters. The Morgan fingerprint density at radius 3 is 2.89 bits per heavy atom. The van der Waals surface area contributed by atoms with Gasteiger partial charge in [0.1, 0.15) is 5.15 Å². The van der Waals surface area contributed by atoms with Gasteiger partial charge in [-0.25, -0.2) is 4.98 Å². The van der Waals surface area contributed by atoms with E-state index in [4.69, 9.17) is 23.2 Å². The lowest BCUT2D eigenvalue weighted by Gasteiger charge is -2.23. The van der Waals surface area contributed by atoms with Crippen molar-refractivity contribution in [3.63, 3.8) is 0 Å². The first kappa shape index (κ1) is 14.9. The van der Waals surface area contributed by atoms with Gasteiger partial charge < -0.3 is 4.90 Å². The average molecular weight is 319 g/mol. The number of aromatic nitrogens is 1. The van der Waals surface area contributed by atoms with Gasteiger partial charge in [0.2, 0.25) is 0 Å². The molecule has 1 aliphatic rings. The molecule has 1 aliphatic heterocycles. The van der Waals surface area contributed by atoms with E-state index in [-0.39, 0.29) is 15.8 Å². The van der Waals surface area contributed by atoms with Gasteiger partial charge >= 0.3 is 0 Å². The van der Waals surface area contributed by atoms with E-state index in [1.807, 2.05) is 16.7 Å². The van der Waals surface area contributed by atoms with Gasteiger partial charge in [0.25, 0.3) is 5.91 Å². The van der Waals surface area contributed by atoms with E-state index in [0.29, 0.717) is 10.6 Å². The summed E-state index contributed by atoms with van der Waals surface area (Å²) in [6, 6.07) is 1.54. The van der Waals surface area contributed by atoms with Crippen molar-refractivity contribution in [3.05, 3.63) is 28.0 Å². The fourth-order valence-electron chi connectivity index (χ4n) is 1.97. The van der Waals surface area contributed by atoms with Crippen LogP contribution < -0.4 is 0 Å². The largest absolute Gasteiger partial charge is 0.338 e. The third-order valence-corrected chi connectivity index (χ3v) is 5.06. The Kier molecular flexibility index (Phi) is 4.64. The molecule has 19 heavy (non-hydrogen) atoms. The minimum absolute atomic E-state index is 0.0624. The minimum atomic E-state index is -0.0624.